The molecule has 0 aliphatic heterocycles. The van der Waals surface area contributed by atoms with E-state index in [1.54, 1.807) is 6.20 Å². The highest BCUT2D eigenvalue weighted by molar-refractivity contribution is 7.70. The number of nitrogens with zero attached hydrogens (tertiary/aromatic N) is 2. The molecule has 152 valence electrons. The number of nitrogens with one attached hydrogen (secondary N) is 2. The summed E-state index contributed by atoms with van der Waals surface area (Å²) in [6, 6.07) is 5.03. The SMILES string of the molecule is Cc1ncc(CNC(=O)c2ccc(C(N[SH](=O)=O)c3ccc(F)c(F)c3)cn2)s1. The second-order valence-electron chi connectivity index (χ2n) is 6.00. The fraction of sp³-hybridized carbons (Fsp3) is 0.167. The summed E-state index contributed by atoms with van der Waals surface area (Å²) in [5.41, 5.74) is 0.693. The third-order valence-corrected chi connectivity index (χ3v) is 5.34. The van der Waals surface area contributed by atoms with Crippen molar-refractivity contribution < 1.29 is 22.0 Å². The van der Waals surface area contributed by atoms with Crippen molar-refractivity contribution in [2.75, 3.05) is 0 Å². The third-order valence-electron chi connectivity index (χ3n) is 3.96. The minimum atomic E-state index is -3.03. The van der Waals surface area contributed by atoms with Crippen LogP contribution in [0.4, 0.5) is 8.78 Å². The zero-order valence-corrected chi connectivity index (χ0v) is 16.8. The summed E-state index contributed by atoms with van der Waals surface area (Å²) in [4.78, 5) is 21.3. The molecular weight excluding hydrogens is 422 g/mol. The molecule has 3 rings (SSSR count). The molecule has 1 aromatic carbocycles. The van der Waals surface area contributed by atoms with Gasteiger partial charge >= 0.3 is 0 Å². The molecule has 0 bridgehead atoms. The van der Waals surface area contributed by atoms with Gasteiger partial charge in [-0.3, -0.25) is 9.78 Å². The molecular formula is C18H16F2N4O3S2. The highest BCUT2D eigenvalue weighted by Gasteiger charge is 2.18. The number of aryl methyl sites for hydroxylation is 1. The normalized spacial score (nSPS) is 12.1. The standard InChI is InChI=1S/C18H16F2N4O3S2/c1-10-21-8-13(28-10)9-23-18(25)16-5-3-12(7-22-16)17(24-29(26)27)11-2-4-14(19)15(20)6-11/h2-8,17,29H,9H2,1H3,(H,23,25)(H,24,26,27). The lowest BCUT2D eigenvalue weighted by Gasteiger charge is -2.16. The summed E-state index contributed by atoms with van der Waals surface area (Å²) in [6.07, 6.45) is 2.99. The Morgan fingerprint density at radius 1 is 1.10 bits per heavy atom. The fourth-order valence-electron chi connectivity index (χ4n) is 2.59. The molecule has 0 spiro atoms. The molecule has 3 aromatic rings. The number of carbonyl (C=O) groups excluding carboxylic acids is 1. The topological polar surface area (TPSA) is 101 Å². The van der Waals surface area contributed by atoms with Crippen LogP contribution in [0.2, 0.25) is 0 Å². The first-order chi connectivity index (χ1) is 13.8. The van der Waals surface area contributed by atoms with E-state index < -0.39 is 34.5 Å². The minimum Gasteiger partial charge on any atom is -0.346 e. The summed E-state index contributed by atoms with van der Waals surface area (Å²) in [6.45, 7) is 2.17. The number of aromatic nitrogens is 2. The second-order valence-corrected chi connectivity index (χ2v) is 8.09. The van der Waals surface area contributed by atoms with Gasteiger partial charge in [0.2, 0.25) is 10.9 Å². The zero-order chi connectivity index (χ0) is 21.0. The molecule has 2 heterocycles. The van der Waals surface area contributed by atoms with Crippen molar-refractivity contribution in [3.05, 3.63) is 81.1 Å². The van der Waals surface area contributed by atoms with Gasteiger partial charge in [-0.1, -0.05) is 12.1 Å². The van der Waals surface area contributed by atoms with Gasteiger partial charge < -0.3 is 5.32 Å². The summed E-state index contributed by atoms with van der Waals surface area (Å²) in [5, 5.41) is 3.61. The molecule has 0 aliphatic carbocycles. The maximum Gasteiger partial charge on any atom is 0.270 e. The number of amides is 1. The summed E-state index contributed by atoms with van der Waals surface area (Å²) >= 11 is 1.47. The summed E-state index contributed by atoms with van der Waals surface area (Å²) in [7, 11) is -3.03. The lowest BCUT2D eigenvalue weighted by Crippen LogP contribution is -2.24. The van der Waals surface area contributed by atoms with Crippen molar-refractivity contribution in [2.24, 2.45) is 0 Å². The smallest absolute Gasteiger partial charge is 0.270 e. The molecule has 1 unspecified atom stereocenters. The first-order valence-corrected chi connectivity index (χ1v) is 10.3. The average molecular weight is 438 g/mol. The van der Waals surface area contributed by atoms with Crippen LogP contribution in [0.1, 0.15) is 37.5 Å². The van der Waals surface area contributed by atoms with Gasteiger partial charge in [0.05, 0.1) is 17.6 Å². The van der Waals surface area contributed by atoms with Crippen LogP contribution in [-0.4, -0.2) is 24.3 Å². The van der Waals surface area contributed by atoms with Crippen molar-refractivity contribution in [2.45, 2.75) is 19.5 Å². The van der Waals surface area contributed by atoms with Gasteiger partial charge in [0, 0.05) is 17.3 Å². The Morgan fingerprint density at radius 3 is 2.45 bits per heavy atom. The monoisotopic (exact) mass is 438 g/mol. The van der Waals surface area contributed by atoms with Gasteiger partial charge in [0.15, 0.2) is 11.6 Å². The van der Waals surface area contributed by atoms with Crippen molar-refractivity contribution >= 4 is 28.1 Å². The van der Waals surface area contributed by atoms with Crippen LogP contribution in [0.5, 0.6) is 0 Å². The molecule has 11 heteroatoms. The molecule has 2 N–H and O–H groups in total. The minimum absolute atomic E-state index is 0.130. The van der Waals surface area contributed by atoms with Crippen LogP contribution in [0, 0.1) is 18.6 Å². The number of thiol groups is 1. The predicted octanol–water partition coefficient (Wildman–Crippen LogP) is 2.26. The maximum atomic E-state index is 13.6. The molecule has 0 saturated heterocycles. The van der Waals surface area contributed by atoms with Gasteiger partial charge in [-0.05, 0) is 36.2 Å². The van der Waals surface area contributed by atoms with Gasteiger partial charge in [-0.25, -0.2) is 26.9 Å². The molecule has 1 amide bonds. The van der Waals surface area contributed by atoms with E-state index in [1.807, 2.05) is 6.92 Å². The predicted molar refractivity (Wildman–Crippen MR) is 104 cm³/mol. The zero-order valence-electron chi connectivity index (χ0n) is 15.1. The highest BCUT2D eigenvalue weighted by Crippen LogP contribution is 2.23. The average Bonchev–Trinajstić information content (AvgIpc) is 3.12. The Bertz CT molecular complexity index is 1090. The van der Waals surface area contributed by atoms with Crippen LogP contribution in [0.25, 0.3) is 0 Å². The van der Waals surface area contributed by atoms with Crippen LogP contribution in [0.3, 0.4) is 0 Å². The van der Waals surface area contributed by atoms with E-state index in [0.29, 0.717) is 12.1 Å². The summed E-state index contributed by atoms with van der Waals surface area (Å²) < 4.78 is 51.4. The van der Waals surface area contributed by atoms with Crippen molar-refractivity contribution in [3.8, 4) is 0 Å². The lowest BCUT2D eigenvalue weighted by atomic mass is 10.0. The molecule has 2 aromatic heterocycles. The second kappa shape index (κ2) is 9.16. The van der Waals surface area contributed by atoms with Crippen molar-refractivity contribution in [3.63, 3.8) is 0 Å². The highest BCUT2D eigenvalue weighted by atomic mass is 32.2. The number of rotatable bonds is 7. The van der Waals surface area contributed by atoms with Crippen LogP contribution in [-0.2, 0) is 17.4 Å². The number of hydrogen-bond acceptors (Lipinski definition) is 6. The van der Waals surface area contributed by atoms with E-state index in [4.69, 9.17) is 0 Å². The maximum absolute atomic E-state index is 13.6. The van der Waals surface area contributed by atoms with Gasteiger partial charge in [0.25, 0.3) is 5.91 Å². The number of benzene rings is 1. The molecule has 29 heavy (non-hydrogen) atoms. The van der Waals surface area contributed by atoms with Gasteiger partial charge in [-0.2, -0.15) is 0 Å². The number of hydrogen-bond donors (Lipinski definition) is 3. The van der Waals surface area contributed by atoms with Crippen LogP contribution < -0.4 is 10.0 Å². The first kappa shape index (κ1) is 21.0. The Morgan fingerprint density at radius 2 is 1.86 bits per heavy atom. The number of pyridine rings is 1. The van der Waals surface area contributed by atoms with Crippen LogP contribution >= 0.6 is 11.3 Å². The number of carbonyl (C=O) groups is 1. The van der Waals surface area contributed by atoms with Gasteiger partial charge in [0.1, 0.15) is 5.69 Å². The van der Waals surface area contributed by atoms with E-state index in [0.717, 1.165) is 22.0 Å². The summed E-state index contributed by atoms with van der Waals surface area (Å²) in [5.74, 6) is -2.55. The van der Waals surface area contributed by atoms with Crippen molar-refractivity contribution in [1.29, 1.82) is 0 Å². The molecule has 0 radical (unpaired) electrons. The first-order valence-electron chi connectivity index (χ1n) is 8.34. The fourth-order valence-corrected chi connectivity index (χ4v) is 3.84. The van der Waals surface area contributed by atoms with E-state index in [2.05, 4.69) is 20.0 Å². The van der Waals surface area contributed by atoms with E-state index in [9.17, 15) is 22.0 Å². The number of halogens is 2. The quantitative estimate of drug-likeness (QED) is 0.492. The lowest BCUT2D eigenvalue weighted by molar-refractivity contribution is 0.0946. The Labute approximate surface area is 170 Å². The van der Waals surface area contributed by atoms with Crippen molar-refractivity contribution in [1.82, 2.24) is 20.0 Å². The molecule has 0 saturated carbocycles. The Hall–Kier alpha value is -2.76. The Kier molecular flexibility index (Phi) is 6.62. The van der Waals surface area contributed by atoms with E-state index in [1.165, 1.54) is 35.7 Å². The number of thiazole rings is 1. The molecule has 0 fully saturated rings. The van der Waals surface area contributed by atoms with Crippen LogP contribution in [0.15, 0.2) is 42.7 Å². The van der Waals surface area contributed by atoms with E-state index in [-0.39, 0.29) is 11.3 Å². The Balaban J connectivity index is 1.77. The molecule has 7 nitrogen and oxygen atoms in total. The molecule has 1 atom stereocenters. The molecule has 0 aliphatic rings. The van der Waals surface area contributed by atoms with E-state index >= 15 is 0 Å². The van der Waals surface area contributed by atoms with Gasteiger partial charge in [-0.15, -0.1) is 11.3 Å². The third kappa shape index (κ3) is 5.40. The largest absolute Gasteiger partial charge is 0.346 e.